The van der Waals surface area contributed by atoms with Gasteiger partial charge in [-0.1, -0.05) is 35.6 Å². The summed E-state index contributed by atoms with van der Waals surface area (Å²) in [7, 11) is 3.13. The van der Waals surface area contributed by atoms with Gasteiger partial charge in [-0.25, -0.2) is 4.98 Å². The van der Waals surface area contributed by atoms with Crippen LogP contribution >= 0.6 is 11.3 Å². The lowest BCUT2D eigenvalue weighted by atomic mass is 9.95. The Labute approximate surface area is 217 Å². The fourth-order valence-corrected chi connectivity index (χ4v) is 5.33. The number of carbonyl (C=O) groups is 2. The van der Waals surface area contributed by atoms with Crippen molar-refractivity contribution in [1.29, 1.82) is 0 Å². The molecule has 5 rings (SSSR count). The van der Waals surface area contributed by atoms with Crippen molar-refractivity contribution >= 4 is 44.1 Å². The predicted octanol–water partition coefficient (Wildman–Crippen LogP) is 5.34. The van der Waals surface area contributed by atoms with Gasteiger partial charge in [0.05, 0.1) is 42.7 Å². The van der Waals surface area contributed by atoms with Gasteiger partial charge < -0.3 is 19.3 Å². The van der Waals surface area contributed by atoms with Crippen molar-refractivity contribution in [3.8, 4) is 17.2 Å². The molecule has 1 amide bonds. The number of anilines is 1. The van der Waals surface area contributed by atoms with Gasteiger partial charge in [0.1, 0.15) is 23.0 Å². The Balaban J connectivity index is 1.69. The first kappa shape index (κ1) is 24.3. The Morgan fingerprint density at radius 2 is 1.70 bits per heavy atom. The van der Waals surface area contributed by atoms with Crippen LogP contribution in [0.25, 0.3) is 16.0 Å². The van der Waals surface area contributed by atoms with Gasteiger partial charge in [-0.15, -0.1) is 0 Å². The minimum atomic E-state index is -0.899. The highest BCUT2D eigenvalue weighted by atomic mass is 32.1. The van der Waals surface area contributed by atoms with Crippen molar-refractivity contribution in [1.82, 2.24) is 4.98 Å². The molecule has 37 heavy (non-hydrogen) atoms. The summed E-state index contributed by atoms with van der Waals surface area (Å²) in [6.45, 7) is 2.30. The standard InChI is InChI=1S/C28H24N2O6S/c1-4-36-20-7-5-6-17(14-20)25(31)23-24(16-8-10-18(34-2)11-9-16)30(27(33)26(23)32)28-29-21-13-12-19(35-3)15-22(21)37-28/h5-15,24,31H,4H2,1-3H3. The van der Waals surface area contributed by atoms with Gasteiger partial charge in [0, 0.05) is 5.56 Å². The maximum absolute atomic E-state index is 13.5. The van der Waals surface area contributed by atoms with Crippen molar-refractivity contribution < 1.29 is 28.9 Å². The topological polar surface area (TPSA) is 98.2 Å². The number of aliphatic hydroxyl groups excluding tert-OH is 1. The molecule has 3 aromatic carbocycles. The van der Waals surface area contributed by atoms with Crippen LogP contribution in [0.15, 0.2) is 72.3 Å². The van der Waals surface area contributed by atoms with Crippen molar-refractivity contribution in [2.24, 2.45) is 0 Å². The highest BCUT2D eigenvalue weighted by Gasteiger charge is 2.48. The van der Waals surface area contributed by atoms with Gasteiger partial charge in [0.15, 0.2) is 5.13 Å². The number of hydrogen-bond acceptors (Lipinski definition) is 8. The largest absolute Gasteiger partial charge is 0.507 e. The number of fused-ring (bicyclic) bond motifs is 1. The predicted molar refractivity (Wildman–Crippen MR) is 142 cm³/mol. The summed E-state index contributed by atoms with van der Waals surface area (Å²) in [5.41, 5.74) is 1.64. The Morgan fingerprint density at radius 1 is 0.973 bits per heavy atom. The SMILES string of the molecule is CCOc1cccc(C(O)=C2C(=O)C(=O)N(c3nc4ccc(OC)cc4s3)C2c2ccc(OC)cc2)c1. The number of nitrogens with zero attached hydrogens (tertiary/aromatic N) is 2. The second-order valence-corrected chi connectivity index (χ2v) is 9.24. The normalized spacial score (nSPS) is 16.8. The average Bonchev–Trinajstić information content (AvgIpc) is 3.46. The molecule has 1 aliphatic rings. The van der Waals surface area contributed by atoms with E-state index in [4.69, 9.17) is 14.2 Å². The number of aliphatic hydroxyl groups is 1. The quantitative estimate of drug-likeness (QED) is 0.201. The van der Waals surface area contributed by atoms with Crippen LogP contribution in [0.5, 0.6) is 17.2 Å². The van der Waals surface area contributed by atoms with Gasteiger partial charge in [-0.3, -0.25) is 14.5 Å². The molecule has 1 fully saturated rings. The van der Waals surface area contributed by atoms with Crippen LogP contribution in [-0.4, -0.2) is 42.6 Å². The highest BCUT2D eigenvalue weighted by Crippen LogP contribution is 2.45. The van der Waals surface area contributed by atoms with E-state index in [0.717, 1.165) is 4.70 Å². The van der Waals surface area contributed by atoms with E-state index in [2.05, 4.69) is 4.98 Å². The summed E-state index contributed by atoms with van der Waals surface area (Å²) in [5, 5.41) is 11.7. The minimum absolute atomic E-state index is 0.0272. The van der Waals surface area contributed by atoms with Gasteiger partial charge in [0.2, 0.25) is 0 Å². The minimum Gasteiger partial charge on any atom is -0.507 e. The number of ether oxygens (including phenoxy) is 3. The van der Waals surface area contributed by atoms with Gasteiger partial charge in [-0.05, 0) is 55.0 Å². The number of methoxy groups -OCH3 is 2. The molecule has 0 bridgehead atoms. The summed E-state index contributed by atoms with van der Waals surface area (Å²) in [6.07, 6.45) is 0. The van der Waals surface area contributed by atoms with Crippen LogP contribution in [0.3, 0.4) is 0 Å². The third kappa shape index (κ3) is 4.38. The molecule has 2 heterocycles. The first-order valence-corrected chi connectivity index (χ1v) is 12.4. The zero-order valence-electron chi connectivity index (χ0n) is 20.4. The molecular formula is C28H24N2O6S. The van der Waals surface area contributed by atoms with Crippen molar-refractivity contribution in [2.45, 2.75) is 13.0 Å². The number of rotatable bonds is 7. The van der Waals surface area contributed by atoms with Crippen LogP contribution in [-0.2, 0) is 9.59 Å². The van der Waals surface area contributed by atoms with Crippen LogP contribution in [0.1, 0.15) is 24.1 Å². The Kier molecular flexibility index (Phi) is 6.54. The number of Topliss-reactive ketones (excluding diaryl/α,β-unsaturated/α-hetero) is 1. The summed E-state index contributed by atoms with van der Waals surface area (Å²) in [4.78, 5) is 32.9. The molecule has 8 nitrogen and oxygen atoms in total. The van der Waals surface area contributed by atoms with Crippen LogP contribution in [0, 0.1) is 0 Å². The summed E-state index contributed by atoms with van der Waals surface area (Å²) >= 11 is 1.27. The van der Waals surface area contributed by atoms with Crippen LogP contribution in [0.2, 0.25) is 0 Å². The van der Waals surface area contributed by atoms with E-state index < -0.39 is 17.7 Å². The number of thiazole rings is 1. The molecule has 188 valence electrons. The maximum atomic E-state index is 13.5. The molecule has 4 aromatic rings. The second kappa shape index (κ2) is 9.94. The first-order valence-electron chi connectivity index (χ1n) is 11.6. The van der Waals surface area contributed by atoms with E-state index in [1.807, 2.05) is 13.0 Å². The molecule has 0 spiro atoms. The van der Waals surface area contributed by atoms with E-state index in [9.17, 15) is 14.7 Å². The molecule has 0 radical (unpaired) electrons. The van der Waals surface area contributed by atoms with Gasteiger partial charge in [-0.2, -0.15) is 0 Å². The van der Waals surface area contributed by atoms with E-state index >= 15 is 0 Å². The molecule has 1 aromatic heterocycles. The zero-order valence-corrected chi connectivity index (χ0v) is 21.2. The Morgan fingerprint density at radius 3 is 2.41 bits per heavy atom. The third-order valence-electron chi connectivity index (χ3n) is 6.08. The monoisotopic (exact) mass is 516 g/mol. The van der Waals surface area contributed by atoms with Crippen molar-refractivity contribution in [2.75, 3.05) is 25.7 Å². The molecular weight excluding hydrogens is 492 g/mol. The number of carbonyl (C=O) groups excluding carboxylic acids is 2. The van der Waals surface area contributed by atoms with Crippen molar-refractivity contribution in [3.05, 3.63) is 83.4 Å². The van der Waals surface area contributed by atoms with E-state index in [1.165, 1.54) is 16.2 Å². The Hall–Kier alpha value is -4.37. The number of benzene rings is 3. The number of ketones is 1. The lowest BCUT2D eigenvalue weighted by molar-refractivity contribution is -0.132. The maximum Gasteiger partial charge on any atom is 0.301 e. The average molecular weight is 517 g/mol. The van der Waals surface area contributed by atoms with Gasteiger partial charge >= 0.3 is 5.91 Å². The fraction of sp³-hybridized carbons (Fsp3) is 0.179. The molecule has 1 aliphatic heterocycles. The smallest absolute Gasteiger partial charge is 0.301 e. The molecule has 1 saturated heterocycles. The number of amides is 1. The molecule has 9 heteroatoms. The van der Waals surface area contributed by atoms with Crippen LogP contribution < -0.4 is 19.1 Å². The second-order valence-electron chi connectivity index (χ2n) is 8.23. The lowest BCUT2D eigenvalue weighted by Gasteiger charge is -2.23. The summed E-state index contributed by atoms with van der Waals surface area (Å²) in [6, 6.07) is 18.3. The van der Waals surface area contributed by atoms with Gasteiger partial charge in [0.25, 0.3) is 5.78 Å². The molecule has 1 N–H and O–H groups in total. The zero-order chi connectivity index (χ0) is 26.1. The molecule has 0 aliphatic carbocycles. The summed E-state index contributed by atoms with van der Waals surface area (Å²) in [5.74, 6) is -0.0259. The summed E-state index contributed by atoms with van der Waals surface area (Å²) < 4.78 is 17.0. The Bertz CT molecular complexity index is 1530. The molecule has 1 unspecified atom stereocenters. The van der Waals surface area contributed by atoms with E-state index in [-0.39, 0.29) is 11.3 Å². The van der Waals surface area contributed by atoms with Crippen molar-refractivity contribution in [3.63, 3.8) is 0 Å². The molecule has 1 atom stereocenters. The molecule has 0 saturated carbocycles. The van der Waals surface area contributed by atoms with E-state index in [1.54, 1.807) is 74.9 Å². The fourth-order valence-electron chi connectivity index (χ4n) is 4.31. The van der Waals surface area contributed by atoms with Crippen LogP contribution in [0.4, 0.5) is 5.13 Å². The number of hydrogen-bond donors (Lipinski definition) is 1. The highest BCUT2D eigenvalue weighted by molar-refractivity contribution is 7.22. The first-order chi connectivity index (χ1) is 17.9. The third-order valence-corrected chi connectivity index (χ3v) is 7.10. The lowest BCUT2D eigenvalue weighted by Crippen LogP contribution is -2.29. The van der Waals surface area contributed by atoms with E-state index in [0.29, 0.717) is 45.6 Å². The number of aromatic nitrogens is 1.